The average Bonchev–Trinajstić information content (AvgIpc) is 2.62. The van der Waals surface area contributed by atoms with Gasteiger partial charge in [-0.1, -0.05) is 18.2 Å². The number of guanidine groups is 1. The number of benzene rings is 1. The molecule has 1 fully saturated rings. The number of nitrogens with zero attached hydrogens (tertiary/aromatic N) is 2. The Morgan fingerprint density at radius 2 is 2.00 bits per heavy atom. The Hall–Kier alpha value is -1.06. The lowest BCUT2D eigenvalue weighted by Gasteiger charge is -2.38. The number of nitrogens with one attached hydrogen (secondary N) is 2. The van der Waals surface area contributed by atoms with Crippen LogP contribution in [0.3, 0.4) is 0 Å². The van der Waals surface area contributed by atoms with Gasteiger partial charge < -0.3 is 20.1 Å². The first-order valence-electron chi connectivity index (χ1n) is 9.70. The van der Waals surface area contributed by atoms with Gasteiger partial charge in [-0.3, -0.25) is 9.89 Å². The molecule has 2 aliphatic rings. The van der Waals surface area contributed by atoms with E-state index in [0.717, 1.165) is 64.1 Å². The molecule has 2 N–H and O–H groups in total. The van der Waals surface area contributed by atoms with E-state index in [2.05, 4.69) is 48.4 Å². The molecule has 1 atom stereocenters. The predicted molar refractivity (Wildman–Crippen MR) is 120 cm³/mol. The summed E-state index contributed by atoms with van der Waals surface area (Å²) < 4.78 is 11.5. The molecule has 0 bridgehead atoms. The fraction of sp³-hybridized carbons (Fsp3) is 0.650. The van der Waals surface area contributed by atoms with Crippen molar-refractivity contribution in [1.82, 2.24) is 15.5 Å². The Bertz CT molecular complexity index is 618. The van der Waals surface area contributed by atoms with Crippen molar-refractivity contribution in [3.05, 3.63) is 29.8 Å². The van der Waals surface area contributed by atoms with Crippen LogP contribution in [0.25, 0.3) is 0 Å². The Kier molecular flexibility index (Phi) is 8.62. The predicted octanol–water partition coefficient (Wildman–Crippen LogP) is 2.79. The van der Waals surface area contributed by atoms with Gasteiger partial charge in [-0.2, -0.15) is 0 Å². The summed E-state index contributed by atoms with van der Waals surface area (Å²) in [6.07, 6.45) is 0.901. The van der Waals surface area contributed by atoms with E-state index in [-0.39, 0.29) is 35.6 Å². The number of fused-ring (bicyclic) bond motifs is 1. The Balaban J connectivity index is 0.00000261. The van der Waals surface area contributed by atoms with Gasteiger partial charge in [0, 0.05) is 38.2 Å². The molecule has 1 aromatic carbocycles. The maximum Gasteiger partial charge on any atom is 0.191 e. The monoisotopic (exact) mass is 488 g/mol. The zero-order valence-corrected chi connectivity index (χ0v) is 19.0. The molecule has 1 unspecified atom stereocenters. The van der Waals surface area contributed by atoms with Crippen LogP contribution in [0.2, 0.25) is 0 Å². The number of ether oxygens (including phenoxy) is 2. The maximum atomic E-state index is 6.13. The van der Waals surface area contributed by atoms with Gasteiger partial charge in [-0.15, -0.1) is 24.0 Å². The highest BCUT2D eigenvalue weighted by Gasteiger charge is 2.33. The van der Waals surface area contributed by atoms with E-state index in [0.29, 0.717) is 0 Å². The molecule has 0 saturated carbocycles. The van der Waals surface area contributed by atoms with Gasteiger partial charge in [0.15, 0.2) is 5.96 Å². The fourth-order valence-electron chi connectivity index (χ4n) is 3.54. The SMILES string of the molecule is CCNC(=NCCN1CCOCC1)NC1CC(C)(C)Oc2ccccc21.I. The third-order valence-corrected chi connectivity index (χ3v) is 4.82. The van der Waals surface area contributed by atoms with Gasteiger partial charge in [-0.05, 0) is 26.8 Å². The lowest BCUT2D eigenvalue weighted by atomic mass is 9.90. The van der Waals surface area contributed by atoms with Gasteiger partial charge >= 0.3 is 0 Å². The zero-order valence-electron chi connectivity index (χ0n) is 16.7. The molecule has 0 aromatic heterocycles. The first-order valence-corrected chi connectivity index (χ1v) is 9.70. The molecule has 1 saturated heterocycles. The summed E-state index contributed by atoms with van der Waals surface area (Å²) in [4.78, 5) is 7.20. The zero-order chi connectivity index (χ0) is 18.4. The van der Waals surface area contributed by atoms with Crippen LogP contribution in [-0.4, -0.2) is 62.4 Å². The summed E-state index contributed by atoms with van der Waals surface area (Å²) in [5.74, 6) is 1.84. The molecule has 0 amide bonds. The van der Waals surface area contributed by atoms with Crippen LogP contribution >= 0.6 is 24.0 Å². The molecule has 0 radical (unpaired) electrons. The van der Waals surface area contributed by atoms with Crippen molar-refractivity contribution in [3.63, 3.8) is 0 Å². The Labute approximate surface area is 180 Å². The minimum atomic E-state index is -0.197. The summed E-state index contributed by atoms with van der Waals surface area (Å²) in [6.45, 7) is 12.6. The molecule has 0 spiro atoms. The summed E-state index contributed by atoms with van der Waals surface area (Å²) >= 11 is 0. The summed E-state index contributed by atoms with van der Waals surface area (Å²) in [6, 6.07) is 8.47. The second kappa shape index (κ2) is 10.5. The van der Waals surface area contributed by atoms with Gasteiger partial charge in [-0.25, -0.2) is 0 Å². The van der Waals surface area contributed by atoms with E-state index < -0.39 is 0 Å². The maximum absolute atomic E-state index is 6.13. The second-order valence-electron chi connectivity index (χ2n) is 7.52. The van der Waals surface area contributed by atoms with E-state index in [9.17, 15) is 0 Å². The Morgan fingerprint density at radius 3 is 2.74 bits per heavy atom. The van der Waals surface area contributed by atoms with Crippen molar-refractivity contribution >= 4 is 29.9 Å². The molecule has 2 heterocycles. The number of morpholine rings is 1. The van der Waals surface area contributed by atoms with Crippen molar-refractivity contribution in [1.29, 1.82) is 0 Å². The van der Waals surface area contributed by atoms with Crippen LogP contribution in [0.4, 0.5) is 0 Å². The summed E-state index contributed by atoms with van der Waals surface area (Å²) in [5, 5.41) is 7.00. The molecular weight excluding hydrogens is 455 g/mol. The summed E-state index contributed by atoms with van der Waals surface area (Å²) in [5.41, 5.74) is 1.00. The number of hydrogen-bond acceptors (Lipinski definition) is 4. The topological polar surface area (TPSA) is 58.1 Å². The molecule has 3 rings (SSSR count). The first-order chi connectivity index (χ1) is 12.6. The highest BCUT2D eigenvalue weighted by Crippen LogP contribution is 2.39. The lowest BCUT2D eigenvalue weighted by molar-refractivity contribution is 0.0394. The van der Waals surface area contributed by atoms with Gasteiger partial charge in [0.05, 0.1) is 25.8 Å². The highest BCUT2D eigenvalue weighted by atomic mass is 127. The van der Waals surface area contributed by atoms with E-state index >= 15 is 0 Å². The number of para-hydroxylation sites is 1. The standard InChI is InChI=1S/C20H32N4O2.HI/c1-4-21-19(22-9-10-24-11-13-25-14-12-24)23-17-15-20(2,3)26-18-8-6-5-7-16(17)18;/h5-8,17H,4,9-15H2,1-3H3,(H2,21,22,23);1H. The van der Waals surface area contributed by atoms with Gasteiger partial charge in [0.25, 0.3) is 0 Å². The number of hydrogen-bond donors (Lipinski definition) is 2. The van der Waals surface area contributed by atoms with Crippen molar-refractivity contribution in [2.75, 3.05) is 45.9 Å². The van der Waals surface area contributed by atoms with E-state index in [4.69, 9.17) is 14.5 Å². The van der Waals surface area contributed by atoms with Crippen LogP contribution in [0.15, 0.2) is 29.3 Å². The Morgan fingerprint density at radius 1 is 1.26 bits per heavy atom. The molecule has 1 aromatic rings. The number of aliphatic imine (C=N–C) groups is 1. The quantitative estimate of drug-likeness (QED) is 0.380. The van der Waals surface area contributed by atoms with Gasteiger partial charge in [0.1, 0.15) is 11.4 Å². The van der Waals surface area contributed by atoms with Crippen LogP contribution in [0.5, 0.6) is 5.75 Å². The molecule has 27 heavy (non-hydrogen) atoms. The molecule has 0 aliphatic carbocycles. The third kappa shape index (κ3) is 6.50. The van der Waals surface area contributed by atoms with Crippen LogP contribution in [-0.2, 0) is 4.74 Å². The van der Waals surface area contributed by atoms with E-state index in [1.807, 2.05) is 12.1 Å². The van der Waals surface area contributed by atoms with E-state index in [1.54, 1.807) is 0 Å². The van der Waals surface area contributed by atoms with Crippen LogP contribution < -0.4 is 15.4 Å². The third-order valence-electron chi connectivity index (χ3n) is 4.82. The molecule has 152 valence electrons. The molecule has 6 nitrogen and oxygen atoms in total. The van der Waals surface area contributed by atoms with Crippen molar-refractivity contribution in [3.8, 4) is 5.75 Å². The van der Waals surface area contributed by atoms with E-state index in [1.165, 1.54) is 5.56 Å². The van der Waals surface area contributed by atoms with Crippen molar-refractivity contribution < 1.29 is 9.47 Å². The number of rotatable bonds is 5. The number of halogens is 1. The minimum absolute atomic E-state index is 0. The molecular formula is C20H33IN4O2. The molecule has 7 heteroatoms. The second-order valence-corrected chi connectivity index (χ2v) is 7.52. The van der Waals surface area contributed by atoms with Gasteiger partial charge in [0.2, 0.25) is 0 Å². The van der Waals surface area contributed by atoms with Crippen molar-refractivity contribution in [2.24, 2.45) is 4.99 Å². The van der Waals surface area contributed by atoms with Crippen molar-refractivity contribution in [2.45, 2.75) is 38.8 Å². The smallest absolute Gasteiger partial charge is 0.191 e. The summed E-state index contributed by atoms with van der Waals surface area (Å²) in [7, 11) is 0. The highest BCUT2D eigenvalue weighted by molar-refractivity contribution is 14.0. The lowest BCUT2D eigenvalue weighted by Crippen LogP contribution is -2.45. The van der Waals surface area contributed by atoms with Crippen LogP contribution in [0.1, 0.15) is 38.8 Å². The first kappa shape index (κ1) is 22.2. The average molecular weight is 488 g/mol. The normalized spacial score (nSPS) is 22.2. The fourth-order valence-corrected chi connectivity index (χ4v) is 3.54. The minimum Gasteiger partial charge on any atom is -0.487 e. The molecule has 2 aliphatic heterocycles. The van der Waals surface area contributed by atoms with Crippen LogP contribution in [0, 0.1) is 0 Å². The largest absolute Gasteiger partial charge is 0.487 e.